The minimum absolute atomic E-state index is 0.149. The van der Waals surface area contributed by atoms with Crippen molar-refractivity contribution in [3.05, 3.63) is 23.3 Å². The summed E-state index contributed by atoms with van der Waals surface area (Å²) in [6, 6.07) is 3.70. The topological polar surface area (TPSA) is 99.4 Å². The van der Waals surface area contributed by atoms with Gasteiger partial charge in [0.2, 0.25) is 6.29 Å². The van der Waals surface area contributed by atoms with Gasteiger partial charge in [-0.05, 0) is 69.1 Å². The first-order chi connectivity index (χ1) is 21.6. The molecule has 1 aliphatic heterocycles. The second kappa shape index (κ2) is 23.0. The molecule has 1 heterocycles. The van der Waals surface area contributed by atoms with Crippen molar-refractivity contribution >= 4 is 34.8 Å². The van der Waals surface area contributed by atoms with Crippen molar-refractivity contribution in [2.45, 2.75) is 183 Å². The molecular weight excluding hydrogens is 635 g/mol. The van der Waals surface area contributed by atoms with Gasteiger partial charge in [-0.3, -0.25) is 0 Å². The Balaban J connectivity index is 1.92. The van der Waals surface area contributed by atoms with Crippen molar-refractivity contribution in [3.63, 3.8) is 0 Å². The van der Waals surface area contributed by atoms with Crippen LogP contribution in [0.1, 0.15) is 147 Å². The Morgan fingerprint density at radius 1 is 0.778 bits per heavy atom. The zero-order chi connectivity index (χ0) is 33.1. The highest BCUT2D eigenvalue weighted by molar-refractivity contribution is 6.48. The molecule has 0 spiro atoms. The van der Waals surface area contributed by atoms with Crippen LogP contribution in [0.3, 0.4) is 0 Å². The molecule has 4 N–H and O–H groups in total. The fourth-order valence-electron chi connectivity index (χ4n) is 5.98. The molecule has 262 valence electrons. The third-order valence-electron chi connectivity index (χ3n) is 8.91. The molecule has 1 aromatic rings. The maximum Gasteiger partial charge on any atom is 0.228 e. The van der Waals surface area contributed by atoms with Crippen LogP contribution in [-0.2, 0) is 17.6 Å². The van der Waals surface area contributed by atoms with Gasteiger partial charge in [0.25, 0.3) is 0 Å². The van der Waals surface area contributed by atoms with Crippen LogP contribution >= 0.6 is 34.8 Å². The molecule has 2 rings (SSSR count). The van der Waals surface area contributed by atoms with Crippen LogP contribution in [0.2, 0.25) is 0 Å². The number of phenolic OH excluding ortho intramolecular Hbond substituents is 1. The van der Waals surface area contributed by atoms with Gasteiger partial charge in [-0.2, -0.15) is 0 Å². The monoisotopic (exact) mass is 694 g/mol. The van der Waals surface area contributed by atoms with E-state index in [0.717, 1.165) is 82.6 Å². The molecule has 1 aromatic carbocycles. The molecule has 0 bridgehead atoms. The highest BCUT2D eigenvalue weighted by Gasteiger charge is 2.39. The van der Waals surface area contributed by atoms with E-state index >= 15 is 0 Å². The van der Waals surface area contributed by atoms with Gasteiger partial charge in [-0.1, -0.05) is 97.3 Å². The molecule has 1 saturated heterocycles. The van der Waals surface area contributed by atoms with Crippen LogP contribution in [0.15, 0.2) is 12.1 Å². The lowest BCUT2D eigenvalue weighted by molar-refractivity contribution is -0.242. The van der Waals surface area contributed by atoms with E-state index in [1.807, 2.05) is 6.07 Å². The van der Waals surface area contributed by atoms with Gasteiger partial charge in [0.05, 0.1) is 6.61 Å². The molecule has 6 nitrogen and oxygen atoms in total. The van der Waals surface area contributed by atoms with Gasteiger partial charge in [-0.15, -0.1) is 34.8 Å². The third kappa shape index (κ3) is 16.5. The summed E-state index contributed by atoms with van der Waals surface area (Å²) in [4.78, 5) is 0. The lowest BCUT2D eigenvalue weighted by Gasteiger charge is -2.35. The van der Waals surface area contributed by atoms with Gasteiger partial charge in [-0.25, -0.2) is 0 Å². The number of hydrogen-bond donors (Lipinski definition) is 4. The molecule has 5 atom stereocenters. The summed E-state index contributed by atoms with van der Waals surface area (Å²) in [5.74, 6) is 0.593. The molecule has 0 aliphatic carbocycles. The maximum absolute atomic E-state index is 11.1. The zero-order valence-corrected chi connectivity index (χ0v) is 30.1. The highest BCUT2D eigenvalue weighted by Crippen LogP contribution is 2.36. The van der Waals surface area contributed by atoms with Crippen LogP contribution < -0.4 is 4.74 Å². The molecule has 9 heteroatoms. The fraction of sp³-hybridized carbons (Fsp3) is 0.833. The van der Waals surface area contributed by atoms with E-state index in [1.54, 1.807) is 6.07 Å². The number of aliphatic hydroxyl groups is 3. The van der Waals surface area contributed by atoms with E-state index < -0.39 is 28.9 Å². The number of benzene rings is 1. The lowest BCUT2D eigenvalue weighted by Crippen LogP contribution is -2.54. The van der Waals surface area contributed by atoms with Crippen molar-refractivity contribution in [3.8, 4) is 11.5 Å². The molecule has 45 heavy (non-hydrogen) atoms. The van der Waals surface area contributed by atoms with Crippen LogP contribution in [0.5, 0.6) is 11.5 Å². The first-order valence-corrected chi connectivity index (χ1v) is 19.0. The van der Waals surface area contributed by atoms with Gasteiger partial charge in [0.1, 0.15) is 34.1 Å². The van der Waals surface area contributed by atoms with E-state index in [-0.39, 0.29) is 17.7 Å². The van der Waals surface area contributed by atoms with Crippen LogP contribution in [0.25, 0.3) is 0 Å². The van der Waals surface area contributed by atoms with Crippen LogP contribution in [-0.4, -0.2) is 61.3 Å². The van der Waals surface area contributed by atoms with Gasteiger partial charge < -0.3 is 29.9 Å². The number of ether oxygens (including phenoxy) is 2. The normalized spacial score (nSPS) is 21.2. The number of aliphatic hydroxyl groups excluding tert-OH is 3. The summed E-state index contributed by atoms with van der Waals surface area (Å²) >= 11 is 19.7. The number of rotatable bonds is 25. The number of unbranched alkanes of at least 4 members (excludes halogenated alkanes) is 11. The van der Waals surface area contributed by atoms with E-state index in [2.05, 4.69) is 13.8 Å². The summed E-state index contributed by atoms with van der Waals surface area (Å²) in [7, 11) is 0. The predicted molar refractivity (Wildman–Crippen MR) is 187 cm³/mol. The number of halogens is 3. The van der Waals surface area contributed by atoms with E-state index in [0.29, 0.717) is 17.7 Å². The second-order valence-corrected chi connectivity index (χ2v) is 15.3. The van der Waals surface area contributed by atoms with E-state index in [9.17, 15) is 20.4 Å². The number of alkyl halides is 3. The van der Waals surface area contributed by atoms with Crippen molar-refractivity contribution in [1.82, 2.24) is 0 Å². The molecule has 0 saturated carbocycles. The highest BCUT2D eigenvalue weighted by atomic mass is 35.5. The Bertz CT molecular complexity index is 917. The van der Waals surface area contributed by atoms with Crippen molar-refractivity contribution < 1.29 is 29.9 Å². The number of phenols is 1. The lowest BCUT2D eigenvalue weighted by atomic mass is 9.98. The van der Waals surface area contributed by atoms with Crippen LogP contribution in [0.4, 0.5) is 0 Å². The maximum atomic E-state index is 11.1. The van der Waals surface area contributed by atoms with Crippen molar-refractivity contribution in [2.24, 2.45) is 0 Å². The second-order valence-electron chi connectivity index (χ2n) is 13.1. The summed E-state index contributed by atoms with van der Waals surface area (Å²) in [6.45, 7) is 4.27. The third-order valence-corrected chi connectivity index (χ3v) is 10.1. The predicted octanol–water partition coefficient (Wildman–Crippen LogP) is 9.53. The Morgan fingerprint density at radius 3 is 1.98 bits per heavy atom. The quantitative estimate of drug-likeness (QED) is 0.0601. The summed E-state index contributed by atoms with van der Waals surface area (Å²) < 4.78 is 10.9. The average molecular weight is 696 g/mol. The minimum Gasteiger partial charge on any atom is -0.508 e. The fourth-order valence-corrected chi connectivity index (χ4v) is 6.82. The molecule has 1 aliphatic rings. The van der Waals surface area contributed by atoms with E-state index in [1.165, 1.54) is 51.4 Å². The first kappa shape index (κ1) is 40.7. The Hall–Kier alpha value is -0.470. The SMILES string of the molecule is CCCCCCCC(Cl)(Cl)CCCCCc1cc(O)c(CCCCCC(Cl)CCCCCC)c(O[C@@H]2OC[C@@H](O)[C@H](O)[C@H]2O)c1. The smallest absolute Gasteiger partial charge is 0.228 e. The Kier molecular flexibility index (Phi) is 20.8. The van der Waals surface area contributed by atoms with Gasteiger partial charge >= 0.3 is 0 Å². The number of hydrogen-bond acceptors (Lipinski definition) is 6. The van der Waals surface area contributed by atoms with Gasteiger partial charge in [0.15, 0.2) is 0 Å². The number of aromatic hydroxyl groups is 1. The summed E-state index contributed by atoms with van der Waals surface area (Å²) in [6.07, 6.45) is 16.4. The molecule has 0 amide bonds. The molecule has 0 radical (unpaired) electrons. The molecule has 1 unspecified atom stereocenters. The van der Waals surface area contributed by atoms with Crippen molar-refractivity contribution in [2.75, 3.05) is 6.61 Å². The molecule has 0 aromatic heterocycles. The Labute approximate surface area is 288 Å². The standard InChI is InChI=1S/C36H61Cl3O6/c1-3-5-7-9-16-22-36(38,39)23-17-11-12-18-27-24-30(40)29(21-15-10-14-20-28(37)19-13-8-6-4-2)32(25-27)45-35-34(43)33(42)31(41)26-44-35/h24-25,28,31,33-35,40-43H,3-23,26H2,1-2H3/t28?,31-,33+,34-,35+/m1/s1. The largest absolute Gasteiger partial charge is 0.508 e. The Morgan fingerprint density at radius 2 is 1.33 bits per heavy atom. The minimum atomic E-state index is -1.41. The zero-order valence-electron chi connectivity index (χ0n) is 27.8. The van der Waals surface area contributed by atoms with E-state index in [4.69, 9.17) is 44.3 Å². The van der Waals surface area contributed by atoms with Gasteiger partial charge in [0, 0.05) is 10.9 Å². The van der Waals surface area contributed by atoms with Crippen LogP contribution in [0, 0.1) is 0 Å². The first-order valence-electron chi connectivity index (χ1n) is 17.8. The average Bonchev–Trinajstić information content (AvgIpc) is 3.00. The molecule has 1 fully saturated rings. The summed E-state index contributed by atoms with van der Waals surface area (Å²) in [5.41, 5.74) is 1.58. The van der Waals surface area contributed by atoms with Crippen molar-refractivity contribution in [1.29, 1.82) is 0 Å². The molecular formula is C36H61Cl3O6. The number of aryl methyl sites for hydroxylation is 1. The summed E-state index contributed by atoms with van der Waals surface area (Å²) in [5, 5.41) is 41.8.